The lowest BCUT2D eigenvalue weighted by Crippen LogP contribution is -2.23. The van der Waals surface area contributed by atoms with E-state index in [1.54, 1.807) is 7.11 Å². The topological polar surface area (TPSA) is 58.6 Å². The highest BCUT2D eigenvalue weighted by molar-refractivity contribution is 5.66. The monoisotopic (exact) mass is 279 g/mol. The molecule has 4 nitrogen and oxygen atoms in total. The van der Waals surface area contributed by atoms with Gasteiger partial charge in [-0.1, -0.05) is 26.0 Å². The second-order valence-corrected chi connectivity index (χ2v) is 5.84. The Morgan fingerprint density at radius 3 is 2.75 bits per heavy atom. The molecule has 1 aromatic rings. The van der Waals surface area contributed by atoms with Crippen LogP contribution >= 0.6 is 0 Å². The molecule has 0 unspecified atom stereocenters. The average molecular weight is 279 g/mol. The van der Waals surface area contributed by atoms with Gasteiger partial charge >= 0.3 is 5.97 Å². The summed E-state index contributed by atoms with van der Waals surface area (Å²) in [5.74, 6) is 0.147. The summed E-state index contributed by atoms with van der Waals surface area (Å²) in [4.78, 5) is 10.6. The van der Waals surface area contributed by atoms with E-state index in [2.05, 4.69) is 25.2 Å². The maximum absolute atomic E-state index is 10.6. The lowest BCUT2D eigenvalue weighted by atomic mass is 9.84. The average Bonchev–Trinajstić information content (AvgIpc) is 2.42. The van der Waals surface area contributed by atoms with E-state index in [-0.39, 0.29) is 11.8 Å². The Bertz CT molecular complexity index is 429. The molecule has 1 aromatic carbocycles. The van der Waals surface area contributed by atoms with Gasteiger partial charge in [-0.15, -0.1) is 0 Å². The van der Waals surface area contributed by atoms with Gasteiger partial charge < -0.3 is 15.2 Å². The van der Waals surface area contributed by atoms with Crippen molar-refractivity contribution in [3.63, 3.8) is 0 Å². The van der Waals surface area contributed by atoms with E-state index in [4.69, 9.17) is 9.84 Å². The molecule has 0 radical (unpaired) electrons. The summed E-state index contributed by atoms with van der Waals surface area (Å²) in [6.45, 7) is 5.91. The summed E-state index contributed by atoms with van der Waals surface area (Å²) in [6, 6.07) is 7.98. The molecule has 4 heteroatoms. The lowest BCUT2D eigenvalue weighted by molar-refractivity contribution is -0.137. The fraction of sp³-hybridized carbons (Fsp3) is 0.562. The predicted octanol–water partition coefficient (Wildman–Crippen LogP) is 3.07. The summed E-state index contributed by atoms with van der Waals surface area (Å²) in [6.07, 6.45) is 1.91. The third-order valence-electron chi connectivity index (χ3n) is 3.46. The minimum absolute atomic E-state index is 0.0553. The van der Waals surface area contributed by atoms with Crippen molar-refractivity contribution >= 4 is 5.97 Å². The second kappa shape index (κ2) is 7.90. The van der Waals surface area contributed by atoms with Gasteiger partial charge in [-0.2, -0.15) is 0 Å². The number of carboxylic acids is 1. The first-order valence-corrected chi connectivity index (χ1v) is 6.98. The van der Waals surface area contributed by atoms with Crippen LogP contribution in [0.25, 0.3) is 0 Å². The number of carboxylic acid groups (broad SMARTS) is 1. The van der Waals surface area contributed by atoms with E-state index in [9.17, 15) is 4.79 Å². The molecule has 0 bridgehead atoms. The van der Waals surface area contributed by atoms with Gasteiger partial charge in [0.15, 0.2) is 0 Å². The quantitative estimate of drug-likeness (QED) is 0.682. The van der Waals surface area contributed by atoms with E-state index in [0.29, 0.717) is 6.42 Å². The van der Waals surface area contributed by atoms with Crippen LogP contribution in [0.3, 0.4) is 0 Å². The zero-order chi connectivity index (χ0) is 15.0. The van der Waals surface area contributed by atoms with Crippen LogP contribution in [0.2, 0.25) is 0 Å². The summed E-state index contributed by atoms with van der Waals surface area (Å²) in [7, 11) is 1.66. The van der Waals surface area contributed by atoms with Gasteiger partial charge in [0.25, 0.3) is 0 Å². The number of rotatable bonds is 9. The third-order valence-corrected chi connectivity index (χ3v) is 3.46. The number of carbonyl (C=O) groups is 1. The normalized spacial score (nSPS) is 11.3. The first kappa shape index (κ1) is 16.5. The van der Waals surface area contributed by atoms with Gasteiger partial charge in [0, 0.05) is 13.0 Å². The van der Waals surface area contributed by atoms with Crippen molar-refractivity contribution in [2.75, 3.05) is 13.7 Å². The largest absolute Gasteiger partial charge is 0.497 e. The number of aliphatic carboxylic acids is 1. The van der Waals surface area contributed by atoms with Gasteiger partial charge in [-0.3, -0.25) is 4.79 Å². The predicted molar refractivity (Wildman–Crippen MR) is 80.0 cm³/mol. The van der Waals surface area contributed by atoms with Crippen LogP contribution in [0, 0.1) is 5.41 Å². The van der Waals surface area contributed by atoms with Crippen molar-refractivity contribution in [2.24, 2.45) is 5.41 Å². The molecule has 112 valence electrons. The van der Waals surface area contributed by atoms with E-state index in [1.165, 1.54) is 5.56 Å². The molecule has 2 N–H and O–H groups in total. The van der Waals surface area contributed by atoms with Gasteiger partial charge in [0.1, 0.15) is 5.75 Å². The molecule has 0 aliphatic carbocycles. The van der Waals surface area contributed by atoms with Crippen molar-refractivity contribution in [3.05, 3.63) is 29.8 Å². The molecule has 0 fully saturated rings. The number of nitrogens with one attached hydrogen (secondary N) is 1. The van der Waals surface area contributed by atoms with Crippen LogP contribution in [0.5, 0.6) is 5.75 Å². The number of methoxy groups -OCH3 is 1. The Hall–Kier alpha value is -1.55. The Balaban J connectivity index is 2.28. The Morgan fingerprint density at radius 2 is 2.10 bits per heavy atom. The highest BCUT2D eigenvalue weighted by atomic mass is 16.5. The molecule has 0 atom stereocenters. The van der Waals surface area contributed by atoms with Crippen molar-refractivity contribution < 1.29 is 14.6 Å². The molecule has 0 heterocycles. The SMILES string of the molecule is COc1cccc(CNCCC(C)(C)CCC(=O)O)c1. The van der Waals surface area contributed by atoms with Crippen molar-refractivity contribution in [1.29, 1.82) is 0 Å². The highest BCUT2D eigenvalue weighted by Gasteiger charge is 2.18. The fourth-order valence-electron chi connectivity index (χ4n) is 2.01. The number of hydrogen-bond donors (Lipinski definition) is 2. The lowest BCUT2D eigenvalue weighted by Gasteiger charge is -2.23. The molecule has 0 amide bonds. The molecule has 1 rings (SSSR count). The molecule has 0 spiro atoms. The molecule has 0 saturated carbocycles. The van der Waals surface area contributed by atoms with Gasteiger partial charge in [-0.25, -0.2) is 0 Å². The fourth-order valence-corrected chi connectivity index (χ4v) is 2.01. The van der Waals surface area contributed by atoms with Crippen LogP contribution in [0.1, 0.15) is 38.7 Å². The summed E-state index contributed by atoms with van der Waals surface area (Å²) in [5.41, 5.74) is 1.24. The first-order chi connectivity index (χ1) is 9.43. The van der Waals surface area contributed by atoms with Crippen LogP contribution in [0.15, 0.2) is 24.3 Å². The first-order valence-electron chi connectivity index (χ1n) is 6.98. The van der Waals surface area contributed by atoms with Crippen molar-refractivity contribution in [2.45, 2.75) is 39.7 Å². The Kier molecular flexibility index (Phi) is 6.52. The van der Waals surface area contributed by atoms with Crippen LogP contribution < -0.4 is 10.1 Å². The maximum Gasteiger partial charge on any atom is 0.303 e. The van der Waals surface area contributed by atoms with E-state index in [1.807, 2.05) is 18.2 Å². The Morgan fingerprint density at radius 1 is 1.35 bits per heavy atom. The molecule has 0 saturated heterocycles. The smallest absolute Gasteiger partial charge is 0.303 e. The van der Waals surface area contributed by atoms with Crippen molar-refractivity contribution in [3.8, 4) is 5.75 Å². The summed E-state index contributed by atoms with van der Waals surface area (Å²) in [5, 5.41) is 12.1. The van der Waals surface area contributed by atoms with Crippen LogP contribution in [-0.2, 0) is 11.3 Å². The Labute approximate surface area is 121 Å². The van der Waals surface area contributed by atoms with Gasteiger partial charge in [-0.05, 0) is 42.5 Å². The minimum atomic E-state index is -0.720. The number of benzene rings is 1. The molecular weight excluding hydrogens is 254 g/mol. The molecular formula is C16H25NO3. The van der Waals surface area contributed by atoms with Crippen LogP contribution in [-0.4, -0.2) is 24.7 Å². The standard InChI is InChI=1S/C16H25NO3/c1-16(2,8-7-15(18)19)9-10-17-12-13-5-4-6-14(11-13)20-3/h4-6,11,17H,7-10,12H2,1-3H3,(H,18,19). The molecule has 20 heavy (non-hydrogen) atoms. The highest BCUT2D eigenvalue weighted by Crippen LogP contribution is 2.26. The summed E-state index contributed by atoms with van der Waals surface area (Å²) < 4.78 is 5.19. The number of ether oxygens (including phenoxy) is 1. The zero-order valence-electron chi connectivity index (χ0n) is 12.6. The molecule has 0 aliphatic heterocycles. The third kappa shape index (κ3) is 6.57. The van der Waals surface area contributed by atoms with Crippen molar-refractivity contribution in [1.82, 2.24) is 5.32 Å². The zero-order valence-corrected chi connectivity index (χ0v) is 12.6. The summed E-state index contributed by atoms with van der Waals surface area (Å²) >= 11 is 0. The van der Waals surface area contributed by atoms with E-state index >= 15 is 0 Å². The molecule has 0 aliphatic rings. The van der Waals surface area contributed by atoms with Gasteiger partial charge in [0.05, 0.1) is 7.11 Å². The van der Waals surface area contributed by atoms with E-state index in [0.717, 1.165) is 25.3 Å². The number of hydrogen-bond acceptors (Lipinski definition) is 3. The van der Waals surface area contributed by atoms with Crippen LogP contribution in [0.4, 0.5) is 0 Å². The van der Waals surface area contributed by atoms with E-state index < -0.39 is 5.97 Å². The maximum atomic E-state index is 10.6. The second-order valence-electron chi connectivity index (χ2n) is 5.84. The van der Waals surface area contributed by atoms with Gasteiger partial charge in [0.2, 0.25) is 0 Å². The molecule has 0 aromatic heterocycles. The minimum Gasteiger partial charge on any atom is -0.497 e.